The van der Waals surface area contributed by atoms with Crippen molar-refractivity contribution in [2.24, 2.45) is 0 Å². The zero-order valence-electron chi connectivity index (χ0n) is 11.3. The van der Waals surface area contributed by atoms with Gasteiger partial charge in [-0.3, -0.25) is 0 Å². The minimum atomic E-state index is -0.437. The highest BCUT2D eigenvalue weighted by atomic mass is 35.5. The molecule has 0 bridgehead atoms. The van der Waals surface area contributed by atoms with E-state index in [1.54, 1.807) is 0 Å². The van der Waals surface area contributed by atoms with Crippen LogP contribution < -0.4 is 5.32 Å². The van der Waals surface area contributed by atoms with Crippen LogP contribution in [-0.4, -0.2) is 36.0 Å². The van der Waals surface area contributed by atoms with Crippen LogP contribution in [0.25, 0.3) is 0 Å². The van der Waals surface area contributed by atoms with Gasteiger partial charge in [0.2, 0.25) is 0 Å². The van der Waals surface area contributed by atoms with E-state index in [0.717, 1.165) is 31.6 Å². The smallest absolute Gasteiger partial charge is 0.343 e. The van der Waals surface area contributed by atoms with Crippen molar-refractivity contribution in [1.29, 1.82) is 0 Å². The lowest BCUT2D eigenvalue weighted by atomic mass is 10.2. The molecule has 1 aliphatic carbocycles. The van der Waals surface area contributed by atoms with Crippen molar-refractivity contribution < 1.29 is 9.08 Å². The molecular formula is C13H23ClN2O2. The van der Waals surface area contributed by atoms with Crippen LogP contribution >= 0.6 is 11.9 Å². The van der Waals surface area contributed by atoms with E-state index in [9.17, 15) is 4.79 Å². The molecule has 0 heterocycles. The van der Waals surface area contributed by atoms with Gasteiger partial charge in [-0.05, 0) is 32.6 Å². The molecule has 1 aliphatic rings. The molecule has 0 atom stereocenters. The van der Waals surface area contributed by atoms with E-state index < -0.39 is 5.97 Å². The van der Waals surface area contributed by atoms with Gasteiger partial charge >= 0.3 is 5.97 Å². The summed E-state index contributed by atoms with van der Waals surface area (Å²) >= 11 is 5.06. The number of carbonyl (C=O) groups is 1. The lowest BCUT2D eigenvalue weighted by Gasteiger charge is -2.25. The first-order chi connectivity index (χ1) is 8.50. The van der Waals surface area contributed by atoms with Crippen molar-refractivity contribution in [1.82, 2.24) is 10.2 Å². The van der Waals surface area contributed by atoms with E-state index in [0.29, 0.717) is 5.54 Å². The second kappa shape index (κ2) is 7.00. The fourth-order valence-corrected chi connectivity index (χ4v) is 1.88. The fourth-order valence-electron chi connectivity index (χ4n) is 1.83. The van der Waals surface area contributed by atoms with E-state index in [4.69, 9.17) is 11.9 Å². The number of halogens is 1. The topological polar surface area (TPSA) is 41.6 Å². The molecule has 104 valence electrons. The Kier molecular flexibility index (Phi) is 5.96. The summed E-state index contributed by atoms with van der Waals surface area (Å²) in [6.45, 7) is 10.2. The number of hydrogen-bond acceptors (Lipinski definition) is 4. The molecule has 0 aromatic heterocycles. The van der Waals surface area contributed by atoms with Gasteiger partial charge in [0.1, 0.15) is 18.4 Å². The maximum Gasteiger partial charge on any atom is 0.343 e. The van der Waals surface area contributed by atoms with Gasteiger partial charge in [-0.15, -0.1) is 0 Å². The van der Waals surface area contributed by atoms with Gasteiger partial charge in [-0.2, -0.15) is 0 Å². The van der Waals surface area contributed by atoms with Gasteiger partial charge < -0.3 is 14.5 Å². The van der Waals surface area contributed by atoms with Crippen molar-refractivity contribution in [2.45, 2.75) is 45.1 Å². The minimum Gasteiger partial charge on any atom is -0.364 e. The third kappa shape index (κ3) is 5.27. The summed E-state index contributed by atoms with van der Waals surface area (Å²) in [7, 11) is 0. The average molecular weight is 275 g/mol. The first kappa shape index (κ1) is 15.3. The van der Waals surface area contributed by atoms with Gasteiger partial charge in [0, 0.05) is 24.3 Å². The summed E-state index contributed by atoms with van der Waals surface area (Å²) in [5.41, 5.74) is 1.29. The highest BCUT2D eigenvalue weighted by Crippen LogP contribution is 2.34. The molecule has 0 aromatic carbocycles. The maximum atomic E-state index is 11.2. The number of nitrogens with zero attached hydrogens (tertiary/aromatic N) is 1. The van der Waals surface area contributed by atoms with Crippen molar-refractivity contribution in [3.05, 3.63) is 12.3 Å². The van der Waals surface area contributed by atoms with Gasteiger partial charge in [0.25, 0.3) is 0 Å². The molecular weight excluding hydrogens is 252 g/mol. The number of rotatable bonds is 9. The van der Waals surface area contributed by atoms with Gasteiger partial charge in [-0.25, -0.2) is 4.79 Å². The molecule has 1 fully saturated rings. The zero-order valence-corrected chi connectivity index (χ0v) is 12.1. The quantitative estimate of drug-likeness (QED) is 0.701. The highest BCUT2D eigenvalue weighted by molar-refractivity contribution is 6.13. The first-order valence-electron chi connectivity index (χ1n) is 6.50. The predicted octanol–water partition coefficient (Wildman–Crippen LogP) is 2.44. The summed E-state index contributed by atoms with van der Waals surface area (Å²) in [5, 5.41) is 3.50. The third-order valence-corrected chi connectivity index (χ3v) is 3.48. The molecule has 4 nitrogen and oxygen atoms in total. The van der Waals surface area contributed by atoms with Crippen LogP contribution in [0.3, 0.4) is 0 Å². The summed E-state index contributed by atoms with van der Waals surface area (Å²) in [6, 6.07) is 0. The molecule has 0 aromatic rings. The van der Waals surface area contributed by atoms with Crippen molar-refractivity contribution >= 4 is 17.8 Å². The SMILES string of the molecule is C=C(CCNC1(C)CC1)N(CCC)CC(=O)OCl. The van der Waals surface area contributed by atoms with Crippen LogP contribution in [0.2, 0.25) is 0 Å². The zero-order chi connectivity index (χ0) is 13.6. The number of nitrogens with one attached hydrogen (secondary N) is 1. The van der Waals surface area contributed by atoms with Crippen molar-refractivity contribution in [3.63, 3.8) is 0 Å². The Bertz CT molecular complexity index is 303. The Hall–Kier alpha value is -0.740. The molecule has 1 rings (SSSR count). The summed E-state index contributed by atoms with van der Waals surface area (Å²) in [4.78, 5) is 13.1. The monoisotopic (exact) mass is 274 g/mol. The fraction of sp³-hybridized carbons (Fsp3) is 0.769. The second-order valence-corrected chi connectivity index (χ2v) is 5.33. The van der Waals surface area contributed by atoms with E-state index in [1.165, 1.54) is 12.8 Å². The molecule has 1 N–H and O–H groups in total. The van der Waals surface area contributed by atoms with Gasteiger partial charge in [0.05, 0.1) is 0 Å². The predicted molar refractivity (Wildman–Crippen MR) is 73.2 cm³/mol. The summed E-state index contributed by atoms with van der Waals surface area (Å²) in [6.07, 6.45) is 4.29. The summed E-state index contributed by atoms with van der Waals surface area (Å²) in [5.74, 6) is -0.437. The van der Waals surface area contributed by atoms with E-state index in [-0.39, 0.29) is 6.54 Å². The lowest BCUT2D eigenvalue weighted by Crippen LogP contribution is -2.33. The van der Waals surface area contributed by atoms with E-state index in [1.807, 2.05) is 4.90 Å². The molecule has 0 unspecified atom stereocenters. The molecule has 0 spiro atoms. The standard InChI is InChI=1S/C13H23ClN2O2/c1-4-9-16(10-12(17)18-14)11(2)5-8-15-13(3)6-7-13/h15H,2,4-10H2,1,3H3. The van der Waals surface area contributed by atoms with Crippen LogP contribution in [0.5, 0.6) is 0 Å². The van der Waals surface area contributed by atoms with Crippen LogP contribution in [0.1, 0.15) is 39.5 Å². The molecule has 18 heavy (non-hydrogen) atoms. The largest absolute Gasteiger partial charge is 0.364 e. The Morgan fingerprint density at radius 1 is 1.56 bits per heavy atom. The van der Waals surface area contributed by atoms with Crippen LogP contribution in [0, 0.1) is 0 Å². The van der Waals surface area contributed by atoms with Gasteiger partial charge in [-0.1, -0.05) is 13.5 Å². The van der Waals surface area contributed by atoms with E-state index >= 15 is 0 Å². The molecule has 0 amide bonds. The van der Waals surface area contributed by atoms with Crippen molar-refractivity contribution in [2.75, 3.05) is 19.6 Å². The molecule has 0 saturated heterocycles. The van der Waals surface area contributed by atoms with E-state index in [2.05, 4.69) is 30.0 Å². The second-order valence-electron chi connectivity index (χ2n) is 5.17. The van der Waals surface area contributed by atoms with Crippen molar-refractivity contribution in [3.8, 4) is 0 Å². The molecule has 1 saturated carbocycles. The lowest BCUT2D eigenvalue weighted by molar-refractivity contribution is -0.134. The minimum absolute atomic E-state index is 0.174. The molecule has 5 heteroatoms. The maximum absolute atomic E-state index is 11.2. The number of carbonyl (C=O) groups excluding carboxylic acids is 1. The Balaban J connectivity index is 2.31. The first-order valence-corrected chi connectivity index (χ1v) is 6.81. The van der Waals surface area contributed by atoms with Crippen LogP contribution in [0.4, 0.5) is 0 Å². The number of hydrogen-bond donors (Lipinski definition) is 1. The Morgan fingerprint density at radius 3 is 2.72 bits per heavy atom. The van der Waals surface area contributed by atoms with Gasteiger partial charge in [0.15, 0.2) is 0 Å². The highest BCUT2D eigenvalue weighted by Gasteiger charge is 2.36. The molecule has 0 aliphatic heterocycles. The Labute approximate surface area is 114 Å². The third-order valence-electron chi connectivity index (χ3n) is 3.31. The normalized spacial score (nSPS) is 16.2. The van der Waals surface area contributed by atoms with Crippen LogP contribution in [-0.2, 0) is 9.08 Å². The van der Waals surface area contributed by atoms with Crippen LogP contribution in [0.15, 0.2) is 12.3 Å². The average Bonchev–Trinajstić information content (AvgIpc) is 3.06. The molecule has 0 radical (unpaired) electrons. The Morgan fingerprint density at radius 2 is 2.22 bits per heavy atom. The summed E-state index contributed by atoms with van der Waals surface area (Å²) < 4.78 is 4.18.